The fourth-order valence-electron chi connectivity index (χ4n) is 4.70. The smallest absolute Gasteiger partial charge is 0.407 e. The van der Waals surface area contributed by atoms with Crippen molar-refractivity contribution in [2.45, 2.75) is 49.4 Å². The summed E-state index contributed by atoms with van der Waals surface area (Å²) in [5.41, 5.74) is 0. The molecule has 2 aliphatic rings. The van der Waals surface area contributed by atoms with Gasteiger partial charge in [0.2, 0.25) is 26.0 Å². The molecule has 2 fully saturated rings. The number of carboxylic acid groups (broad SMARTS) is 1. The first-order valence-corrected chi connectivity index (χ1v) is 14.7. The Kier molecular flexibility index (Phi) is 8.45. The number of benzene rings is 1. The monoisotopic (exact) mass is 530 g/mol. The van der Waals surface area contributed by atoms with Crippen LogP contribution in [-0.4, -0.2) is 104 Å². The summed E-state index contributed by atoms with van der Waals surface area (Å²) in [6.07, 6.45) is 0.0560. The number of piperidine rings is 1. The third kappa shape index (κ3) is 5.63. The highest BCUT2D eigenvalue weighted by Crippen LogP contribution is 2.27. The van der Waals surface area contributed by atoms with Gasteiger partial charge in [0.15, 0.2) is 0 Å². The van der Waals surface area contributed by atoms with Gasteiger partial charge in [-0.2, -0.15) is 8.61 Å². The van der Waals surface area contributed by atoms with Crippen LogP contribution in [0.3, 0.4) is 0 Å². The van der Waals surface area contributed by atoms with Crippen molar-refractivity contribution in [3.05, 3.63) is 24.3 Å². The van der Waals surface area contributed by atoms with Crippen molar-refractivity contribution >= 4 is 32.0 Å². The van der Waals surface area contributed by atoms with Crippen LogP contribution in [0, 0.1) is 5.92 Å². The van der Waals surface area contributed by atoms with Gasteiger partial charge in [-0.05, 0) is 44.0 Å². The summed E-state index contributed by atoms with van der Waals surface area (Å²) in [6, 6.07) is 4.90. The minimum atomic E-state index is -3.92. The highest BCUT2D eigenvalue weighted by atomic mass is 32.2. The molecule has 2 amide bonds. The molecule has 35 heavy (non-hydrogen) atoms. The Morgan fingerprint density at radius 1 is 0.971 bits per heavy atom. The molecule has 2 saturated heterocycles. The second-order valence-corrected chi connectivity index (χ2v) is 12.7. The first-order chi connectivity index (χ1) is 16.4. The molecule has 1 aromatic rings. The predicted octanol–water partition coefficient (Wildman–Crippen LogP) is 1.33. The molecule has 1 aromatic carbocycles. The lowest BCUT2D eigenvalue weighted by molar-refractivity contribution is -0.141. The van der Waals surface area contributed by atoms with E-state index < -0.39 is 32.1 Å². The molecule has 0 radical (unpaired) electrons. The van der Waals surface area contributed by atoms with Gasteiger partial charge in [0, 0.05) is 51.9 Å². The molecule has 2 aliphatic heterocycles. The van der Waals surface area contributed by atoms with E-state index in [1.54, 1.807) is 25.7 Å². The van der Waals surface area contributed by atoms with E-state index in [2.05, 4.69) is 0 Å². The third-order valence-corrected chi connectivity index (χ3v) is 10.7. The zero-order valence-corrected chi connectivity index (χ0v) is 22.0. The van der Waals surface area contributed by atoms with Crippen LogP contribution in [0.2, 0.25) is 0 Å². The van der Waals surface area contributed by atoms with E-state index in [0.717, 1.165) is 0 Å². The van der Waals surface area contributed by atoms with Crippen LogP contribution in [0.4, 0.5) is 4.79 Å². The minimum Gasteiger partial charge on any atom is -0.465 e. The number of piperazine rings is 1. The van der Waals surface area contributed by atoms with E-state index in [1.807, 2.05) is 0 Å². The van der Waals surface area contributed by atoms with Gasteiger partial charge in [0.25, 0.3) is 0 Å². The SMILES string of the molecule is CCN(CC)S(=O)(=O)c1ccc(S(=O)(=O)N2CCC[C@@H](C(=O)N3CCN(C(=O)O)C[C@H]3C)C2)cc1. The topological polar surface area (TPSA) is 136 Å². The molecule has 0 bridgehead atoms. The van der Waals surface area contributed by atoms with E-state index in [0.29, 0.717) is 25.9 Å². The average Bonchev–Trinajstić information content (AvgIpc) is 2.84. The van der Waals surface area contributed by atoms with Gasteiger partial charge < -0.3 is 14.9 Å². The summed E-state index contributed by atoms with van der Waals surface area (Å²) in [5.74, 6) is -0.678. The first kappa shape index (κ1) is 27.4. The van der Waals surface area contributed by atoms with E-state index in [-0.39, 0.29) is 54.5 Å². The van der Waals surface area contributed by atoms with Crippen molar-refractivity contribution in [1.82, 2.24) is 18.4 Å². The quantitative estimate of drug-likeness (QED) is 0.562. The van der Waals surface area contributed by atoms with Crippen LogP contribution >= 0.6 is 0 Å². The third-order valence-electron chi connectivity index (χ3n) is 6.72. The number of amides is 2. The fraction of sp³-hybridized carbons (Fsp3) is 0.636. The van der Waals surface area contributed by atoms with Crippen molar-refractivity contribution in [2.24, 2.45) is 5.92 Å². The Hall–Kier alpha value is -2.22. The zero-order valence-electron chi connectivity index (χ0n) is 20.3. The van der Waals surface area contributed by atoms with E-state index >= 15 is 0 Å². The largest absolute Gasteiger partial charge is 0.465 e. The van der Waals surface area contributed by atoms with Gasteiger partial charge in [-0.3, -0.25) is 4.79 Å². The van der Waals surface area contributed by atoms with Crippen LogP contribution in [0.15, 0.2) is 34.1 Å². The van der Waals surface area contributed by atoms with Crippen molar-refractivity contribution < 1.29 is 31.5 Å². The summed E-state index contributed by atoms with van der Waals surface area (Å²) in [5, 5.41) is 9.19. The number of hydrogen-bond donors (Lipinski definition) is 1. The summed E-state index contributed by atoms with van der Waals surface area (Å²) in [7, 11) is -7.62. The Morgan fingerprint density at radius 3 is 2.11 bits per heavy atom. The van der Waals surface area contributed by atoms with Crippen LogP contribution < -0.4 is 0 Å². The molecule has 0 unspecified atom stereocenters. The molecule has 196 valence electrons. The lowest BCUT2D eigenvalue weighted by Gasteiger charge is -2.41. The Balaban J connectivity index is 1.73. The first-order valence-electron chi connectivity index (χ1n) is 11.8. The maximum absolute atomic E-state index is 13.3. The molecule has 2 heterocycles. The highest BCUT2D eigenvalue weighted by molar-refractivity contribution is 7.89. The second kappa shape index (κ2) is 10.8. The van der Waals surface area contributed by atoms with Crippen LogP contribution in [-0.2, 0) is 24.8 Å². The summed E-state index contributed by atoms with van der Waals surface area (Å²) >= 11 is 0. The Labute approximate surface area is 207 Å². The molecule has 11 nitrogen and oxygen atoms in total. The second-order valence-electron chi connectivity index (χ2n) is 8.87. The molecule has 0 saturated carbocycles. The van der Waals surface area contributed by atoms with Crippen molar-refractivity contribution in [1.29, 1.82) is 0 Å². The van der Waals surface area contributed by atoms with Crippen molar-refractivity contribution in [2.75, 3.05) is 45.8 Å². The van der Waals surface area contributed by atoms with Crippen LogP contribution in [0.1, 0.15) is 33.6 Å². The number of rotatable bonds is 7. The number of carbonyl (C=O) groups is 2. The van der Waals surface area contributed by atoms with Crippen LogP contribution in [0.25, 0.3) is 0 Å². The summed E-state index contributed by atoms with van der Waals surface area (Å²) in [6.45, 7) is 6.91. The van der Waals surface area contributed by atoms with Crippen molar-refractivity contribution in [3.63, 3.8) is 0 Å². The molecule has 13 heteroatoms. The molecule has 0 spiro atoms. The predicted molar refractivity (Wildman–Crippen MR) is 129 cm³/mol. The van der Waals surface area contributed by atoms with Gasteiger partial charge in [0.1, 0.15) is 0 Å². The summed E-state index contributed by atoms with van der Waals surface area (Å²) in [4.78, 5) is 27.3. The molecule has 1 N–H and O–H groups in total. The maximum Gasteiger partial charge on any atom is 0.407 e. The number of hydrogen-bond acceptors (Lipinski definition) is 6. The zero-order chi connectivity index (χ0) is 26.0. The lowest BCUT2D eigenvalue weighted by atomic mass is 9.97. The molecule has 0 aliphatic carbocycles. The fourth-order valence-corrected chi connectivity index (χ4v) is 7.68. The summed E-state index contributed by atoms with van der Waals surface area (Å²) < 4.78 is 54.6. The molecule has 3 rings (SSSR count). The van der Waals surface area contributed by atoms with Crippen molar-refractivity contribution in [3.8, 4) is 0 Å². The Bertz CT molecular complexity index is 1130. The number of sulfonamides is 2. The number of carbonyl (C=O) groups excluding carboxylic acids is 1. The van der Waals surface area contributed by atoms with Gasteiger partial charge in [0.05, 0.1) is 15.7 Å². The molecule has 0 aromatic heterocycles. The average molecular weight is 531 g/mol. The lowest BCUT2D eigenvalue weighted by Crippen LogP contribution is -2.57. The van der Waals surface area contributed by atoms with E-state index in [9.17, 15) is 31.5 Å². The molecular formula is C22H34N4O7S2. The van der Waals surface area contributed by atoms with E-state index in [4.69, 9.17) is 0 Å². The maximum atomic E-state index is 13.3. The van der Waals surface area contributed by atoms with Gasteiger partial charge in [-0.15, -0.1) is 0 Å². The van der Waals surface area contributed by atoms with Gasteiger partial charge in [-0.25, -0.2) is 21.6 Å². The molecule has 2 atom stereocenters. The van der Waals surface area contributed by atoms with E-state index in [1.165, 1.54) is 37.8 Å². The Morgan fingerprint density at radius 2 is 1.57 bits per heavy atom. The van der Waals surface area contributed by atoms with Crippen LogP contribution in [0.5, 0.6) is 0 Å². The number of nitrogens with zero attached hydrogens (tertiary/aromatic N) is 4. The van der Waals surface area contributed by atoms with Gasteiger partial charge in [-0.1, -0.05) is 13.8 Å². The molecular weight excluding hydrogens is 496 g/mol. The highest BCUT2D eigenvalue weighted by Gasteiger charge is 2.38. The van der Waals surface area contributed by atoms with Gasteiger partial charge >= 0.3 is 6.09 Å². The standard InChI is InChI=1S/C22H34N4O7S2/c1-4-24(5-2)34(30,31)19-8-10-20(11-9-19)35(32,33)25-12-6-7-18(16-25)21(27)26-14-13-23(22(28)29)15-17(26)3/h8-11,17-18H,4-7,12-16H2,1-3H3,(H,28,29)/t17-,18-/m1/s1. The minimum absolute atomic E-state index is 0.0208. The normalized spacial score (nSPS) is 22.4.